The maximum Gasteiger partial charge on any atom is 0.201 e. The Bertz CT molecular complexity index is 946. The molecule has 2 aromatic heterocycles. The van der Waals surface area contributed by atoms with E-state index in [0.717, 1.165) is 24.5 Å². The first-order valence-electron chi connectivity index (χ1n) is 7.47. The molecule has 4 nitrogen and oxygen atoms in total. The lowest BCUT2D eigenvalue weighted by molar-refractivity contribution is 0.103. The predicted molar refractivity (Wildman–Crippen MR) is 97.0 cm³/mol. The van der Waals surface area contributed by atoms with Crippen LogP contribution in [0.5, 0.6) is 5.75 Å². The van der Waals surface area contributed by atoms with Crippen molar-refractivity contribution in [2.24, 2.45) is 0 Å². The second-order valence-electron chi connectivity index (χ2n) is 5.22. The molecule has 0 fully saturated rings. The van der Waals surface area contributed by atoms with Crippen molar-refractivity contribution in [2.45, 2.75) is 13.3 Å². The minimum Gasteiger partial charge on any atom is -0.423 e. The molecule has 0 amide bonds. The van der Waals surface area contributed by atoms with Gasteiger partial charge in [-0.25, -0.2) is 13.8 Å². The summed E-state index contributed by atoms with van der Waals surface area (Å²) in [6, 6.07) is 3.87. The Balaban J connectivity index is 2.03. The molecule has 1 aromatic carbocycles. The van der Waals surface area contributed by atoms with E-state index in [0.29, 0.717) is 21.3 Å². The highest BCUT2D eigenvalue weighted by Gasteiger charge is 2.25. The molecule has 0 aliphatic rings. The summed E-state index contributed by atoms with van der Waals surface area (Å²) in [5.41, 5.74) is -0.0475. The van der Waals surface area contributed by atoms with Gasteiger partial charge in [-0.15, -0.1) is 0 Å². The number of hydrogen-bond acceptors (Lipinski definition) is 4. The highest BCUT2D eigenvalue weighted by Crippen LogP contribution is 2.30. The number of nitrogens with one attached hydrogen (secondary N) is 1. The van der Waals surface area contributed by atoms with E-state index in [1.54, 1.807) is 12.3 Å². The summed E-state index contributed by atoms with van der Waals surface area (Å²) in [7, 11) is 0. The lowest BCUT2D eigenvalue weighted by atomic mass is 10.0. The Labute approximate surface area is 155 Å². The number of benzene rings is 1. The zero-order chi connectivity index (χ0) is 18.0. The first kappa shape index (κ1) is 17.9. The molecule has 3 rings (SSSR count). The smallest absolute Gasteiger partial charge is 0.201 e. The van der Waals surface area contributed by atoms with Crippen LogP contribution in [0.4, 0.5) is 8.78 Å². The molecule has 1 N–H and O–H groups in total. The van der Waals surface area contributed by atoms with Crippen LogP contribution in [-0.2, 0) is 0 Å². The largest absolute Gasteiger partial charge is 0.423 e. The summed E-state index contributed by atoms with van der Waals surface area (Å²) in [6.45, 7) is 1.95. The number of halogens is 3. The van der Waals surface area contributed by atoms with Crippen LogP contribution < -0.4 is 4.18 Å². The molecule has 0 atom stereocenters. The van der Waals surface area contributed by atoms with Crippen molar-refractivity contribution >= 4 is 44.8 Å². The van der Waals surface area contributed by atoms with Crippen LogP contribution in [0.1, 0.15) is 29.3 Å². The van der Waals surface area contributed by atoms with Crippen molar-refractivity contribution in [3.8, 4) is 5.75 Å². The summed E-state index contributed by atoms with van der Waals surface area (Å²) >= 11 is 4.33. The molecule has 3 aromatic rings. The van der Waals surface area contributed by atoms with Gasteiger partial charge < -0.3 is 9.17 Å². The van der Waals surface area contributed by atoms with Gasteiger partial charge in [-0.2, -0.15) is 0 Å². The van der Waals surface area contributed by atoms with Gasteiger partial charge >= 0.3 is 0 Å². The number of ketones is 1. The van der Waals surface area contributed by atoms with Crippen LogP contribution in [0.15, 0.2) is 35.1 Å². The zero-order valence-electron chi connectivity index (χ0n) is 13.1. The quantitative estimate of drug-likeness (QED) is 0.331. The highest BCUT2D eigenvalue weighted by atomic mass is 79.9. The number of fused-ring (bicyclic) bond motifs is 1. The van der Waals surface area contributed by atoms with E-state index >= 15 is 0 Å². The fourth-order valence-electron chi connectivity index (χ4n) is 2.29. The summed E-state index contributed by atoms with van der Waals surface area (Å²) in [5.74, 6) is -2.23. The standard InChI is InChI=1S/C17H13BrF2N2O2S/c1-2-5-25-24-13-4-3-12(19)14(15(13)20)16(23)11-8-22-17-10(11)6-9(18)7-21-17/h3-4,6-8H,2,5H2,1H3,(H,21,22). The van der Waals surface area contributed by atoms with Crippen LogP contribution in [0.2, 0.25) is 0 Å². The molecule has 0 spiro atoms. The first-order valence-corrected chi connectivity index (χ1v) is 9.18. The Morgan fingerprint density at radius 2 is 2.20 bits per heavy atom. The summed E-state index contributed by atoms with van der Waals surface area (Å²) in [4.78, 5) is 19.7. The normalized spacial score (nSPS) is 11.0. The monoisotopic (exact) mass is 426 g/mol. The fourth-order valence-corrected chi connectivity index (χ4v) is 3.13. The number of nitrogens with zero attached hydrogens (tertiary/aromatic N) is 1. The van der Waals surface area contributed by atoms with E-state index in [2.05, 4.69) is 25.9 Å². The van der Waals surface area contributed by atoms with Crippen molar-refractivity contribution in [2.75, 3.05) is 5.75 Å². The maximum absolute atomic E-state index is 14.6. The minimum atomic E-state index is -1.01. The number of carbonyl (C=O) groups is 1. The van der Waals surface area contributed by atoms with Gasteiger partial charge in [0.05, 0.1) is 17.6 Å². The number of rotatable bonds is 6. The molecule has 0 saturated carbocycles. The molecule has 0 bridgehead atoms. The van der Waals surface area contributed by atoms with Crippen LogP contribution in [0.3, 0.4) is 0 Å². The highest BCUT2D eigenvalue weighted by molar-refractivity contribution is 9.10. The van der Waals surface area contributed by atoms with E-state index in [1.165, 1.54) is 12.3 Å². The zero-order valence-corrected chi connectivity index (χ0v) is 15.5. The van der Waals surface area contributed by atoms with Crippen molar-refractivity contribution in [1.82, 2.24) is 9.97 Å². The van der Waals surface area contributed by atoms with Gasteiger partial charge in [0.15, 0.2) is 11.6 Å². The van der Waals surface area contributed by atoms with Crippen molar-refractivity contribution in [3.63, 3.8) is 0 Å². The molecule has 130 valence electrons. The molecule has 2 heterocycles. The van der Waals surface area contributed by atoms with E-state index in [4.69, 9.17) is 4.18 Å². The number of aromatic amines is 1. The van der Waals surface area contributed by atoms with Crippen LogP contribution >= 0.6 is 28.0 Å². The fraction of sp³-hybridized carbons (Fsp3) is 0.176. The van der Waals surface area contributed by atoms with Crippen LogP contribution in [-0.4, -0.2) is 21.5 Å². The van der Waals surface area contributed by atoms with Gasteiger partial charge in [0.25, 0.3) is 0 Å². The van der Waals surface area contributed by atoms with Crippen LogP contribution in [0, 0.1) is 11.6 Å². The molecular formula is C17H13BrF2N2O2S. The molecule has 8 heteroatoms. The second-order valence-corrected chi connectivity index (χ2v) is 6.95. The summed E-state index contributed by atoms with van der Waals surface area (Å²) in [6.07, 6.45) is 3.80. The number of pyridine rings is 1. The van der Waals surface area contributed by atoms with Crippen molar-refractivity contribution in [3.05, 3.63) is 57.8 Å². The number of aromatic nitrogens is 2. The van der Waals surface area contributed by atoms with E-state index < -0.39 is 23.0 Å². The molecule has 0 unspecified atom stereocenters. The van der Waals surface area contributed by atoms with E-state index in [9.17, 15) is 13.6 Å². The van der Waals surface area contributed by atoms with Gasteiger partial charge in [-0.05, 0) is 40.5 Å². The summed E-state index contributed by atoms with van der Waals surface area (Å²) < 4.78 is 34.7. The third-order valence-corrected chi connectivity index (χ3v) is 4.77. The van der Waals surface area contributed by atoms with Gasteiger partial charge in [-0.3, -0.25) is 4.79 Å². The lowest BCUT2D eigenvalue weighted by Crippen LogP contribution is -2.08. The van der Waals surface area contributed by atoms with E-state index in [-0.39, 0.29) is 11.3 Å². The number of H-pyrrole nitrogens is 1. The molecule has 0 aliphatic carbocycles. The SMILES string of the molecule is CCCSOc1ccc(F)c(C(=O)c2c[nH]c3ncc(Br)cc23)c1F. The minimum absolute atomic E-state index is 0.139. The number of carbonyl (C=O) groups excluding carboxylic acids is 1. The predicted octanol–water partition coefficient (Wildman–Crippen LogP) is 5.27. The molecular weight excluding hydrogens is 414 g/mol. The average Bonchev–Trinajstić information content (AvgIpc) is 3.00. The van der Waals surface area contributed by atoms with Gasteiger partial charge in [0, 0.05) is 33.6 Å². The molecule has 0 aliphatic heterocycles. The van der Waals surface area contributed by atoms with Crippen molar-refractivity contribution < 1.29 is 17.8 Å². The van der Waals surface area contributed by atoms with Crippen molar-refractivity contribution in [1.29, 1.82) is 0 Å². The third kappa shape index (κ3) is 3.55. The van der Waals surface area contributed by atoms with Gasteiger partial charge in [0.1, 0.15) is 11.5 Å². The molecule has 0 radical (unpaired) electrons. The second kappa shape index (κ2) is 7.53. The number of hydrogen-bond donors (Lipinski definition) is 1. The van der Waals surface area contributed by atoms with Crippen LogP contribution in [0.25, 0.3) is 11.0 Å². The Morgan fingerprint density at radius 3 is 2.96 bits per heavy atom. The maximum atomic E-state index is 14.6. The van der Waals surface area contributed by atoms with Gasteiger partial charge in [-0.1, -0.05) is 6.92 Å². The average molecular weight is 427 g/mol. The topological polar surface area (TPSA) is 55.0 Å². The summed E-state index contributed by atoms with van der Waals surface area (Å²) in [5, 5.41) is 0.477. The lowest BCUT2D eigenvalue weighted by Gasteiger charge is -2.09. The first-order chi connectivity index (χ1) is 12.0. The third-order valence-electron chi connectivity index (χ3n) is 3.46. The molecule has 25 heavy (non-hydrogen) atoms. The molecule has 0 saturated heterocycles. The Kier molecular flexibility index (Phi) is 5.39. The Morgan fingerprint density at radius 1 is 1.40 bits per heavy atom. The van der Waals surface area contributed by atoms with Gasteiger partial charge in [0.2, 0.25) is 5.78 Å². The Hall–Kier alpha value is -1.93. The van der Waals surface area contributed by atoms with E-state index in [1.807, 2.05) is 6.92 Å².